The van der Waals surface area contributed by atoms with Crippen LogP contribution in [0.25, 0.3) is 0 Å². The van der Waals surface area contributed by atoms with E-state index >= 15 is 0 Å². The van der Waals surface area contributed by atoms with Crippen LogP contribution in [0.15, 0.2) is 0 Å². The van der Waals surface area contributed by atoms with Gasteiger partial charge in [0.25, 0.3) is 0 Å². The molecule has 4 N–H and O–H groups in total. The summed E-state index contributed by atoms with van der Waals surface area (Å²) in [6, 6.07) is 0. The monoisotopic (exact) mass is 174 g/mol. The fraction of sp³-hybridized carbons (Fsp3) is 0.500. The molecular weight excluding hydrogens is 164 g/mol. The smallest absolute Gasteiger partial charge is 0.376 e. The first-order chi connectivity index (χ1) is 5.52. The molecular formula is C6H10N2O4. The molecule has 6 heteroatoms. The molecule has 0 rings (SSSR count). The van der Waals surface area contributed by atoms with Crippen molar-refractivity contribution in [3.05, 3.63) is 0 Å². The van der Waals surface area contributed by atoms with Crippen LogP contribution in [0.5, 0.6) is 0 Å². The Morgan fingerprint density at radius 3 is 2.08 bits per heavy atom. The lowest BCUT2D eigenvalue weighted by atomic mass is 10.2. The van der Waals surface area contributed by atoms with E-state index in [2.05, 4.69) is 10.5 Å². The fourth-order valence-electron chi connectivity index (χ4n) is 0.570. The largest absolute Gasteiger partial charge is 0.412 e. The first-order valence-corrected chi connectivity index (χ1v) is 3.31. The van der Waals surface area contributed by atoms with Crippen LogP contribution in [0.3, 0.4) is 0 Å². The molecule has 0 radical (unpaired) electrons. The summed E-state index contributed by atoms with van der Waals surface area (Å²) in [7, 11) is 0. The van der Waals surface area contributed by atoms with Gasteiger partial charge in [0.1, 0.15) is 0 Å². The molecule has 0 aliphatic rings. The quantitative estimate of drug-likeness (QED) is 0.431. The van der Waals surface area contributed by atoms with Crippen molar-refractivity contribution in [1.29, 1.82) is 0 Å². The highest BCUT2D eigenvalue weighted by Gasteiger charge is 2.06. The van der Waals surface area contributed by atoms with Gasteiger partial charge in [0.2, 0.25) is 5.91 Å². The van der Waals surface area contributed by atoms with E-state index in [-0.39, 0.29) is 19.3 Å². The van der Waals surface area contributed by atoms with E-state index in [0.29, 0.717) is 0 Å². The van der Waals surface area contributed by atoms with Crippen LogP contribution in [0.4, 0.5) is 4.79 Å². The molecule has 0 unspecified atom stereocenters. The van der Waals surface area contributed by atoms with Gasteiger partial charge in [0.05, 0.1) is 0 Å². The third-order valence-electron chi connectivity index (χ3n) is 1.02. The Kier molecular flexibility index (Phi) is 4.43. The highest BCUT2D eigenvalue weighted by molar-refractivity contribution is 5.83. The van der Waals surface area contributed by atoms with Gasteiger partial charge in [-0.15, -0.1) is 0 Å². The van der Waals surface area contributed by atoms with E-state index < -0.39 is 18.0 Å². The number of esters is 1. The molecule has 0 spiro atoms. The van der Waals surface area contributed by atoms with Crippen molar-refractivity contribution in [2.24, 2.45) is 11.5 Å². The van der Waals surface area contributed by atoms with Crippen LogP contribution in [-0.4, -0.2) is 18.0 Å². The predicted molar refractivity (Wildman–Crippen MR) is 38.7 cm³/mol. The van der Waals surface area contributed by atoms with Gasteiger partial charge in [-0.25, -0.2) is 4.79 Å². The summed E-state index contributed by atoms with van der Waals surface area (Å²) >= 11 is 0. The van der Waals surface area contributed by atoms with Crippen molar-refractivity contribution >= 4 is 18.0 Å². The maximum absolute atomic E-state index is 10.6. The van der Waals surface area contributed by atoms with Gasteiger partial charge in [-0.05, 0) is 6.42 Å². The summed E-state index contributed by atoms with van der Waals surface area (Å²) in [6.45, 7) is 0. The summed E-state index contributed by atoms with van der Waals surface area (Å²) in [5.41, 5.74) is 9.35. The Balaban J connectivity index is 3.44. The van der Waals surface area contributed by atoms with Gasteiger partial charge in [0, 0.05) is 12.8 Å². The Morgan fingerprint density at radius 2 is 1.67 bits per heavy atom. The summed E-state index contributed by atoms with van der Waals surface area (Å²) < 4.78 is 3.98. The predicted octanol–water partition coefficient (Wildman–Crippen LogP) is -0.736. The highest BCUT2D eigenvalue weighted by Crippen LogP contribution is 1.96. The molecule has 0 aliphatic carbocycles. The standard InChI is InChI=1S/C6H10N2O4/c7-4(9)2-1-3-5(10)12-6(8)11/h1-3H2,(H2,7,9)(H2,8,11). The number of hydrogen-bond donors (Lipinski definition) is 2. The number of primary amides is 2. The van der Waals surface area contributed by atoms with Crippen molar-refractivity contribution in [3.63, 3.8) is 0 Å². The molecule has 0 aliphatic heterocycles. The zero-order valence-electron chi connectivity index (χ0n) is 6.41. The van der Waals surface area contributed by atoms with Crippen LogP contribution >= 0.6 is 0 Å². The highest BCUT2D eigenvalue weighted by atomic mass is 16.6. The number of carbonyl (C=O) groups is 3. The lowest BCUT2D eigenvalue weighted by Gasteiger charge is -1.97. The molecule has 12 heavy (non-hydrogen) atoms. The third kappa shape index (κ3) is 6.53. The number of rotatable bonds is 4. The third-order valence-corrected chi connectivity index (χ3v) is 1.02. The number of nitrogens with two attached hydrogens (primary N) is 2. The van der Waals surface area contributed by atoms with Crippen molar-refractivity contribution in [3.8, 4) is 0 Å². The Hall–Kier alpha value is -1.59. The van der Waals surface area contributed by atoms with Crippen molar-refractivity contribution in [2.75, 3.05) is 0 Å². The average Bonchev–Trinajstić information content (AvgIpc) is 1.84. The molecule has 68 valence electrons. The van der Waals surface area contributed by atoms with Crippen molar-refractivity contribution in [1.82, 2.24) is 0 Å². The van der Waals surface area contributed by atoms with Gasteiger partial charge in [-0.3, -0.25) is 9.59 Å². The first kappa shape index (κ1) is 10.4. The van der Waals surface area contributed by atoms with Gasteiger partial charge in [-0.2, -0.15) is 0 Å². The van der Waals surface area contributed by atoms with Crippen LogP contribution < -0.4 is 11.5 Å². The molecule has 0 atom stereocenters. The van der Waals surface area contributed by atoms with E-state index in [1.165, 1.54) is 0 Å². The van der Waals surface area contributed by atoms with E-state index in [9.17, 15) is 14.4 Å². The van der Waals surface area contributed by atoms with Crippen LogP contribution in [0.2, 0.25) is 0 Å². The second-order valence-electron chi connectivity index (χ2n) is 2.11. The lowest BCUT2D eigenvalue weighted by molar-refractivity contribution is -0.137. The molecule has 0 bridgehead atoms. The van der Waals surface area contributed by atoms with Gasteiger partial charge in [0.15, 0.2) is 0 Å². The molecule has 0 aromatic rings. The second kappa shape index (κ2) is 5.11. The van der Waals surface area contributed by atoms with Crippen LogP contribution in [-0.2, 0) is 14.3 Å². The zero-order valence-corrected chi connectivity index (χ0v) is 6.41. The molecule has 6 nitrogen and oxygen atoms in total. The minimum atomic E-state index is -1.14. The number of carbonyl (C=O) groups excluding carboxylic acids is 3. The van der Waals surface area contributed by atoms with E-state index in [1.807, 2.05) is 0 Å². The maximum atomic E-state index is 10.6. The van der Waals surface area contributed by atoms with Crippen molar-refractivity contribution in [2.45, 2.75) is 19.3 Å². The van der Waals surface area contributed by atoms with Crippen LogP contribution in [0, 0.1) is 0 Å². The van der Waals surface area contributed by atoms with E-state index in [0.717, 1.165) is 0 Å². The Morgan fingerprint density at radius 1 is 1.08 bits per heavy atom. The Labute approximate surface area is 68.8 Å². The maximum Gasteiger partial charge on any atom is 0.412 e. The SMILES string of the molecule is NC(=O)CCCC(=O)OC(N)=O. The second-order valence-corrected chi connectivity index (χ2v) is 2.11. The lowest BCUT2D eigenvalue weighted by Crippen LogP contribution is -2.18. The minimum Gasteiger partial charge on any atom is -0.376 e. The number of amides is 2. The molecule has 0 aromatic heterocycles. The topological polar surface area (TPSA) is 112 Å². The van der Waals surface area contributed by atoms with Crippen LogP contribution in [0.1, 0.15) is 19.3 Å². The summed E-state index contributed by atoms with van der Waals surface area (Å²) in [5, 5.41) is 0. The van der Waals surface area contributed by atoms with Crippen molar-refractivity contribution < 1.29 is 19.1 Å². The molecule has 0 aromatic carbocycles. The van der Waals surface area contributed by atoms with E-state index in [1.54, 1.807) is 0 Å². The molecule has 0 saturated heterocycles. The average molecular weight is 174 g/mol. The fourth-order valence-corrected chi connectivity index (χ4v) is 0.570. The van der Waals surface area contributed by atoms with Gasteiger partial charge < -0.3 is 16.2 Å². The summed E-state index contributed by atoms with van der Waals surface area (Å²) in [4.78, 5) is 30.7. The molecule has 2 amide bonds. The first-order valence-electron chi connectivity index (χ1n) is 3.31. The normalized spacial score (nSPS) is 9.00. The van der Waals surface area contributed by atoms with Gasteiger partial charge in [-0.1, -0.05) is 0 Å². The molecule has 0 saturated carbocycles. The summed E-state index contributed by atoms with van der Waals surface area (Å²) in [6.07, 6.45) is -0.819. The molecule has 0 fully saturated rings. The zero-order chi connectivity index (χ0) is 9.56. The number of ether oxygens (including phenoxy) is 1. The minimum absolute atomic E-state index is 0.0358. The Bertz CT molecular complexity index is 202. The van der Waals surface area contributed by atoms with Gasteiger partial charge >= 0.3 is 12.1 Å². The number of hydrogen-bond acceptors (Lipinski definition) is 4. The van der Waals surface area contributed by atoms with E-state index in [4.69, 9.17) is 5.73 Å². The summed E-state index contributed by atoms with van der Waals surface area (Å²) in [5.74, 6) is -1.24. The molecule has 0 heterocycles.